The molecule has 1 aliphatic rings. The maximum atomic E-state index is 12.3. The molecule has 7 heteroatoms. The molecule has 0 atom stereocenters. The summed E-state index contributed by atoms with van der Waals surface area (Å²) in [5, 5.41) is 14.4. The van der Waals surface area contributed by atoms with Gasteiger partial charge in [0.25, 0.3) is 5.91 Å². The van der Waals surface area contributed by atoms with Crippen LogP contribution in [-0.2, 0) is 6.54 Å². The second-order valence-corrected chi connectivity index (χ2v) is 6.76. The minimum atomic E-state index is -0.217. The second kappa shape index (κ2) is 7.61. The van der Waals surface area contributed by atoms with Gasteiger partial charge in [-0.05, 0) is 33.0 Å². The molecule has 0 bridgehead atoms. The molecular formula is C17H26N6O. The maximum Gasteiger partial charge on any atom is 0.277 e. The second-order valence-electron chi connectivity index (χ2n) is 6.76. The lowest BCUT2D eigenvalue weighted by atomic mass is 9.87. The van der Waals surface area contributed by atoms with E-state index in [4.69, 9.17) is 0 Å². The fourth-order valence-electron chi connectivity index (χ4n) is 3.11. The Morgan fingerprint density at radius 3 is 2.92 bits per heavy atom. The Bertz CT molecular complexity index is 668. The van der Waals surface area contributed by atoms with Gasteiger partial charge in [0.1, 0.15) is 0 Å². The molecule has 2 aromatic rings. The number of likely N-dealkylation sites (N-methyl/N-ethyl adjacent to an activating group) is 1. The summed E-state index contributed by atoms with van der Waals surface area (Å²) in [5.41, 5.74) is 1.51. The van der Waals surface area contributed by atoms with E-state index in [-0.39, 0.29) is 5.91 Å². The van der Waals surface area contributed by atoms with E-state index in [1.54, 1.807) is 0 Å². The van der Waals surface area contributed by atoms with E-state index in [0.717, 1.165) is 18.8 Å². The van der Waals surface area contributed by atoms with E-state index in [9.17, 15) is 4.79 Å². The average molecular weight is 330 g/mol. The highest BCUT2D eigenvalue weighted by atomic mass is 16.2. The molecule has 0 saturated heterocycles. The third kappa shape index (κ3) is 4.23. The van der Waals surface area contributed by atoms with E-state index >= 15 is 0 Å². The first-order valence-electron chi connectivity index (χ1n) is 8.66. The first kappa shape index (κ1) is 16.7. The van der Waals surface area contributed by atoms with Crippen molar-refractivity contribution in [2.45, 2.75) is 44.6 Å². The summed E-state index contributed by atoms with van der Waals surface area (Å²) in [6, 6.07) is 3.69. The molecule has 0 aliphatic heterocycles. The number of H-pyrrole nitrogens is 1. The van der Waals surface area contributed by atoms with Gasteiger partial charge in [0.2, 0.25) is 0 Å². The van der Waals surface area contributed by atoms with Gasteiger partial charge in [-0.25, -0.2) is 0 Å². The Morgan fingerprint density at radius 1 is 1.38 bits per heavy atom. The Labute approximate surface area is 142 Å². The number of rotatable bonds is 6. The molecule has 1 saturated carbocycles. The van der Waals surface area contributed by atoms with Crippen molar-refractivity contribution in [1.82, 2.24) is 24.9 Å². The number of hydrogen-bond acceptors (Lipinski definition) is 4. The zero-order valence-corrected chi connectivity index (χ0v) is 14.5. The Kier molecular flexibility index (Phi) is 5.30. The number of aromatic nitrogens is 4. The van der Waals surface area contributed by atoms with Gasteiger partial charge < -0.3 is 10.2 Å². The number of amides is 1. The lowest BCUT2D eigenvalue weighted by Crippen LogP contribution is -2.19. The third-order valence-corrected chi connectivity index (χ3v) is 4.53. The van der Waals surface area contributed by atoms with Gasteiger partial charge in [0.15, 0.2) is 11.5 Å². The van der Waals surface area contributed by atoms with Crippen LogP contribution in [0, 0.1) is 0 Å². The van der Waals surface area contributed by atoms with Crippen molar-refractivity contribution < 1.29 is 4.79 Å². The standard InChI is InChI=1S/C17H26N6O/c1-22(2)10-11-23-9-8-16(21-23)18-17(24)15-12-14(19-20-15)13-6-4-3-5-7-13/h8-9,12-13H,3-7,10-11H2,1-2H3,(H,19,20)(H,18,21,24). The van der Waals surface area contributed by atoms with Gasteiger partial charge in [-0.2, -0.15) is 10.2 Å². The van der Waals surface area contributed by atoms with Gasteiger partial charge in [-0.1, -0.05) is 19.3 Å². The number of aromatic amines is 1. The summed E-state index contributed by atoms with van der Waals surface area (Å²) < 4.78 is 1.83. The minimum Gasteiger partial charge on any atom is -0.308 e. The largest absolute Gasteiger partial charge is 0.308 e. The number of hydrogen-bond donors (Lipinski definition) is 2. The molecule has 7 nitrogen and oxygen atoms in total. The summed E-state index contributed by atoms with van der Waals surface area (Å²) >= 11 is 0. The first-order chi connectivity index (χ1) is 11.6. The highest BCUT2D eigenvalue weighted by Gasteiger charge is 2.20. The van der Waals surface area contributed by atoms with Gasteiger partial charge in [-0.3, -0.25) is 14.6 Å². The van der Waals surface area contributed by atoms with Crippen LogP contribution in [0.1, 0.15) is 54.2 Å². The predicted octanol–water partition coefficient (Wildman–Crippen LogP) is 2.47. The van der Waals surface area contributed by atoms with Crippen molar-refractivity contribution in [3.05, 3.63) is 29.7 Å². The molecule has 0 aromatic carbocycles. The van der Waals surface area contributed by atoms with Gasteiger partial charge >= 0.3 is 0 Å². The zero-order valence-electron chi connectivity index (χ0n) is 14.5. The van der Waals surface area contributed by atoms with Crippen molar-refractivity contribution in [3.63, 3.8) is 0 Å². The van der Waals surface area contributed by atoms with Crippen LogP contribution in [0.25, 0.3) is 0 Å². The molecule has 2 N–H and O–H groups in total. The molecule has 1 amide bonds. The number of carbonyl (C=O) groups excluding carboxylic acids is 1. The molecule has 3 rings (SSSR count). The van der Waals surface area contributed by atoms with E-state index in [1.165, 1.54) is 32.1 Å². The lowest BCUT2D eigenvalue weighted by molar-refractivity contribution is 0.102. The van der Waals surface area contributed by atoms with Crippen LogP contribution in [0.2, 0.25) is 0 Å². The molecule has 130 valence electrons. The van der Waals surface area contributed by atoms with Crippen LogP contribution < -0.4 is 5.32 Å². The van der Waals surface area contributed by atoms with Crippen molar-refractivity contribution >= 4 is 11.7 Å². The van der Waals surface area contributed by atoms with Crippen molar-refractivity contribution in [2.75, 3.05) is 26.0 Å². The maximum absolute atomic E-state index is 12.3. The van der Waals surface area contributed by atoms with Gasteiger partial charge in [0.05, 0.1) is 6.54 Å². The quantitative estimate of drug-likeness (QED) is 0.853. The lowest BCUT2D eigenvalue weighted by Gasteiger charge is -2.19. The van der Waals surface area contributed by atoms with E-state index < -0.39 is 0 Å². The molecule has 2 heterocycles. The number of carbonyl (C=O) groups is 1. The molecule has 24 heavy (non-hydrogen) atoms. The van der Waals surface area contributed by atoms with Crippen molar-refractivity contribution in [1.29, 1.82) is 0 Å². The first-order valence-corrected chi connectivity index (χ1v) is 8.66. The average Bonchev–Trinajstić information content (AvgIpc) is 3.23. The van der Waals surface area contributed by atoms with Crippen molar-refractivity contribution in [3.8, 4) is 0 Å². The fraction of sp³-hybridized carbons (Fsp3) is 0.588. The molecule has 1 fully saturated rings. The zero-order chi connectivity index (χ0) is 16.9. The normalized spacial score (nSPS) is 15.8. The van der Waals surface area contributed by atoms with Gasteiger partial charge in [0, 0.05) is 30.4 Å². The summed E-state index contributed by atoms with van der Waals surface area (Å²) in [6.45, 7) is 1.69. The van der Waals surface area contributed by atoms with E-state index in [1.807, 2.05) is 37.1 Å². The third-order valence-electron chi connectivity index (χ3n) is 4.53. The SMILES string of the molecule is CN(C)CCn1ccc(NC(=O)c2cc(C3CCCCC3)[nH]n2)n1. The summed E-state index contributed by atoms with van der Waals surface area (Å²) in [6.07, 6.45) is 8.07. The Hall–Kier alpha value is -2.15. The molecule has 0 radical (unpaired) electrons. The predicted molar refractivity (Wildman–Crippen MR) is 93.1 cm³/mol. The molecule has 0 unspecified atom stereocenters. The smallest absolute Gasteiger partial charge is 0.277 e. The number of nitrogens with one attached hydrogen (secondary N) is 2. The molecule has 1 aliphatic carbocycles. The highest BCUT2D eigenvalue weighted by Crippen LogP contribution is 2.31. The van der Waals surface area contributed by atoms with Crippen LogP contribution in [0.15, 0.2) is 18.3 Å². The molecule has 2 aromatic heterocycles. The van der Waals surface area contributed by atoms with Crippen LogP contribution in [0.3, 0.4) is 0 Å². The monoisotopic (exact) mass is 330 g/mol. The topological polar surface area (TPSA) is 78.8 Å². The minimum absolute atomic E-state index is 0.217. The summed E-state index contributed by atoms with van der Waals surface area (Å²) in [7, 11) is 4.04. The summed E-state index contributed by atoms with van der Waals surface area (Å²) in [5.74, 6) is 0.852. The Balaban J connectivity index is 1.58. The fourth-order valence-corrected chi connectivity index (χ4v) is 3.11. The Morgan fingerprint density at radius 2 is 2.17 bits per heavy atom. The highest BCUT2D eigenvalue weighted by molar-refractivity contribution is 6.02. The van der Waals surface area contributed by atoms with Gasteiger partial charge in [-0.15, -0.1) is 0 Å². The van der Waals surface area contributed by atoms with Crippen LogP contribution in [-0.4, -0.2) is 51.4 Å². The number of anilines is 1. The molecule has 0 spiro atoms. The molecular weight excluding hydrogens is 304 g/mol. The van der Waals surface area contributed by atoms with E-state index in [2.05, 4.69) is 25.5 Å². The van der Waals surface area contributed by atoms with Crippen LogP contribution >= 0.6 is 0 Å². The van der Waals surface area contributed by atoms with Crippen LogP contribution in [0.5, 0.6) is 0 Å². The van der Waals surface area contributed by atoms with Crippen LogP contribution in [0.4, 0.5) is 5.82 Å². The van der Waals surface area contributed by atoms with Crippen molar-refractivity contribution in [2.24, 2.45) is 0 Å². The van der Waals surface area contributed by atoms with E-state index in [0.29, 0.717) is 17.4 Å². The number of nitrogens with zero attached hydrogens (tertiary/aromatic N) is 4. The summed E-state index contributed by atoms with van der Waals surface area (Å²) in [4.78, 5) is 14.4.